The molecule has 0 aliphatic carbocycles. The Morgan fingerprint density at radius 2 is 1.63 bits per heavy atom. The van der Waals surface area contributed by atoms with E-state index in [1.54, 1.807) is 24.3 Å². The number of para-hydroxylation sites is 1. The van der Waals surface area contributed by atoms with E-state index in [0.717, 1.165) is 13.4 Å². The van der Waals surface area contributed by atoms with E-state index in [2.05, 4.69) is 53.1 Å². The lowest BCUT2D eigenvalue weighted by molar-refractivity contribution is 0.102. The van der Waals surface area contributed by atoms with Gasteiger partial charge in [-0.15, -0.1) is 0 Å². The van der Waals surface area contributed by atoms with Crippen molar-refractivity contribution in [3.8, 4) is 0 Å². The molecule has 0 unspecified atom stereocenters. The van der Waals surface area contributed by atoms with Crippen LogP contribution < -0.4 is 11.1 Å². The summed E-state index contributed by atoms with van der Waals surface area (Å²) in [5, 5.41) is 2.83. The fraction of sp³-hybridized carbons (Fsp3) is 0. The molecule has 2 rings (SSSR count). The normalized spacial score (nSPS) is 10.3. The first-order valence-electron chi connectivity index (χ1n) is 5.29. The molecule has 19 heavy (non-hydrogen) atoms. The van der Waals surface area contributed by atoms with Crippen molar-refractivity contribution in [3.05, 3.63) is 55.4 Å². The number of anilines is 2. The summed E-state index contributed by atoms with van der Waals surface area (Å²) < 4.78 is 2.46. The Kier molecular flexibility index (Phi) is 4.65. The summed E-state index contributed by atoms with van der Waals surface area (Å²) in [6.45, 7) is 0. The van der Waals surface area contributed by atoms with Crippen molar-refractivity contribution in [2.75, 3.05) is 11.1 Å². The summed E-state index contributed by atoms with van der Waals surface area (Å²) in [4.78, 5) is 12.2. The zero-order valence-electron chi connectivity index (χ0n) is 9.58. The SMILES string of the molecule is Nc1ccccc1C(=O)Nc1c(Br)cc(Br)cc1Br. The van der Waals surface area contributed by atoms with Gasteiger partial charge in [0.05, 0.1) is 11.3 Å². The summed E-state index contributed by atoms with van der Waals surface area (Å²) >= 11 is 10.2. The molecule has 6 heteroatoms. The highest BCUT2D eigenvalue weighted by Gasteiger charge is 2.13. The van der Waals surface area contributed by atoms with Crippen LogP contribution in [0.1, 0.15) is 10.4 Å². The molecule has 0 saturated heterocycles. The molecule has 0 radical (unpaired) electrons. The minimum absolute atomic E-state index is 0.248. The number of nitrogens with one attached hydrogen (secondary N) is 1. The smallest absolute Gasteiger partial charge is 0.257 e. The molecule has 3 nitrogen and oxygen atoms in total. The van der Waals surface area contributed by atoms with Gasteiger partial charge in [0.25, 0.3) is 5.91 Å². The second-order valence-corrected chi connectivity index (χ2v) is 6.41. The Morgan fingerprint density at radius 3 is 2.21 bits per heavy atom. The lowest BCUT2D eigenvalue weighted by Crippen LogP contribution is -2.14. The summed E-state index contributed by atoms with van der Waals surface area (Å²) in [5.41, 5.74) is 7.34. The van der Waals surface area contributed by atoms with Crippen molar-refractivity contribution >= 4 is 65.1 Å². The molecule has 2 aromatic carbocycles. The van der Waals surface area contributed by atoms with Crippen molar-refractivity contribution in [1.29, 1.82) is 0 Å². The van der Waals surface area contributed by atoms with Crippen molar-refractivity contribution in [2.24, 2.45) is 0 Å². The zero-order chi connectivity index (χ0) is 14.0. The van der Waals surface area contributed by atoms with Gasteiger partial charge in [0.1, 0.15) is 0 Å². The molecule has 3 N–H and O–H groups in total. The number of amides is 1. The molecule has 0 aliphatic heterocycles. The molecule has 0 spiro atoms. The minimum Gasteiger partial charge on any atom is -0.398 e. The summed E-state index contributed by atoms with van der Waals surface area (Å²) in [5.74, 6) is -0.248. The van der Waals surface area contributed by atoms with E-state index in [9.17, 15) is 4.79 Å². The number of benzene rings is 2. The van der Waals surface area contributed by atoms with Crippen LogP contribution in [0.15, 0.2) is 49.8 Å². The van der Waals surface area contributed by atoms with Crippen molar-refractivity contribution in [2.45, 2.75) is 0 Å². The van der Waals surface area contributed by atoms with Gasteiger partial charge in [0.2, 0.25) is 0 Å². The average Bonchev–Trinajstić information content (AvgIpc) is 2.34. The maximum atomic E-state index is 12.2. The molecule has 0 saturated carbocycles. The third kappa shape index (κ3) is 3.38. The Labute approximate surface area is 136 Å². The lowest BCUT2D eigenvalue weighted by atomic mass is 10.1. The van der Waals surface area contributed by atoms with Crippen molar-refractivity contribution < 1.29 is 4.79 Å². The fourth-order valence-corrected chi connectivity index (χ4v) is 4.00. The molecule has 0 fully saturated rings. The number of nitrogens with two attached hydrogens (primary N) is 1. The first-order valence-corrected chi connectivity index (χ1v) is 7.67. The van der Waals surface area contributed by atoms with E-state index in [0.29, 0.717) is 16.9 Å². The van der Waals surface area contributed by atoms with Gasteiger partial charge < -0.3 is 11.1 Å². The second kappa shape index (κ2) is 6.07. The van der Waals surface area contributed by atoms with E-state index < -0.39 is 0 Å². The third-order valence-electron chi connectivity index (χ3n) is 2.45. The van der Waals surface area contributed by atoms with Crippen LogP contribution in [0, 0.1) is 0 Å². The lowest BCUT2D eigenvalue weighted by Gasteiger charge is -2.11. The van der Waals surface area contributed by atoms with E-state index in [4.69, 9.17) is 5.73 Å². The highest BCUT2D eigenvalue weighted by Crippen LogP contribution is 2.34. The van der Waals surface area contributed by atoms with Gasteiger partial charge in [-0.2, -0.15) is 0 Å². The van der Waals surface area contributed by atoms with Gasteiger partial charge in [-0.1, -0.05) is 28.1 Å². The third-order valence-corrected chi connectivity index (χ3v) is 4.16. The van der Waals surface area contributed by atoms with E-state index in [1.807, 2.05) is 12.1 Å². The predicted molar refractivity (Wildman–Crippen MR) is 88.3 cm³/mol. The summed E-state index contributed by atoms with van der Waals surface area (Å²) in [6.07, 6.45) is 0. The molecule has 0 aromatic heterocycles. The van der Waals surface area contributed by atoms with Gasteiger partial charge in [0, 0.05) is 19.1 Å². The van der Waals surface area contributed by atoms with Crippen molar-refractivity contribution in [1.82, 2.24) is 0 Å². The standard InChI is InChI=1S/C13H9Br3N2O/c14-7-5-9(15)12(10(16)6-7)18-13(19)8-3-1-2-4-11(8)17/h1-6H,17H2,(H,18,19). The maximum absolute atomic E-state index is 12.2. The molecule has 0 bridgehead atoms. The monoisotopic (exact) mass is 446 g/mol. The van der Waals surface area contributed by atoms with Gasteiger partial charge in [-0.25, -0.2) is 0 Å². The number of hydrogen-bond donors (Lipinski definition) is 2. The largest absolute Gasteiger partial charge is 0.398 e. The molecule has 0 atom stereocenters. The summed E-state index contributed by atoms with van der Waals surface area (Å²) in [7, 11) is 0. The summed E-state index contributed by atoms with van der Waals surface area (Å²) in [6, 6.07) is 10.7. The van der Waals surface area contributed by atoms with Crippen LogP contribution in [0.3, 0.4) is 0 Å². The van der Waals surface area contributed by atoms with Crippen LogP contribution >= 0.6 is 47.8 Å². The second-order valence-electron chi connectivity index (χ2n) is 3.79. The van der Waals surface area contributed by atoms with E-state index in [-0.39, 0.29) is 5.91 Å². The number of carbonyl (C=O) groups excluding carboxylic acids is 1. The molecule has 0 heterocycles. The van der Waals surface area contributed by atoms with E-state index in [1.165, 1.54) is 0 Å². The van der Waals surface area contributed by atoms with Gasteiger partial charge >= 0.3 is 0 Å². The number of rotatable bonds is 2. The highest BCUT2D eigenvalue weighted by atomic mass is 79.9. The highest BCUT2D eigenvalue weighted by molar-refractivity contribution is 9.11. The van der Waals surface area contributed by atoms with Gasteiger partial charge in [-0.3, -0.25) is 4.79 Å². The fourth-order valence-electron chi connectivity index (χ4n) is 1.55. The predicted octanol–water partition coefficient (Wildman–Crippen LogP) is 4.81. The number of carbonyl (C=O) groups is 1. The van der Waals surface area contributed by atoms with Crippen LogP contribution in [-0.4, -0.2) is 5.91 Å². The Hall–Kier alpha value is -0.850. The molecular formula is C13H9Br3N2O. The first kappa shape index (κ1) is 14.6. The van der Waals surface area contributed by atoms with Crippen LogP contribution in [0.25, 0.3) is 0 Å². The average molecular weight is 449 g/mol. The first-order chi connectivity index (χ1) is 8.99. The Morgan fingerprint density at radius 1 is 1.05 bits per heavy atom. The quantitative estimate of drug-likeness (QED) is 0.648. The van der Waals surface area contributed by atoms with Gasteiger partial charge in [0.15, 0.2) is 0 Å². The molecule has 0 aliphatic rings. The van der Waals surface area contributed by atoms with E-state index >= 15 is 0 Å². The zero-order valence-corrected chi connectivity index (χ0v) is 14.3. The van der Waals surface area contributed by atoms with Crippen LogP contribution in [0.2, 0.25) is 0 Å². The molecular weight excluding hydrogens is 440 g/mol. The Balaban J connectivity index is 2.32. The van der Waals surface area contributed by atoms with Crippen LogP contribution in [0.4, 0.5) is 11.4 Å². The van der Waals surface area contributed by atoms with Gasteiger partial charge in [-0.05, 0) is 56.1 Å². The number of nitrogen functional groups attached to an aromatic ring is 1. The maximum Gasteiger partial charge on any atom is 0.257 e. The minimum atomic E-state index is -0.248. The van der Waals surface area contributed by atoms with Crippen LogP contribution in [0.5, 0.6) is 0 Å². The number of hydrogen-bond acceptors (Lipinski definition) is 2. The van der Waals surface area contributed by atoms with Crippen molar-refractivity contribution in [3.63, 3.8) is 0 Å². The molecule has 2 aromatic rings. The molecule has 98 valence electrons. The topological polar surface area (TPSA) is 55.1 Å². The van der Waals surface area contributed by atoms with Crippen LogP contribution in [-0.2, 0) is 0 Å². The Bertz CT molecular complexity index is 621. The number of halogens is 3. The molecule has 1 amide bonds.